The summed E-state index contributed by atoms with van der Waals surface area (Å²) in [6.07, 6.45) is 0. The van der Waals surface area contributed by atoms with E-state index in [0.717, 1.165) is 0 Å². The summed E-state index contributed by atoms with van der Waals surface area (Å²) in [7, 11) is 0. The molecule has 13 heteroatoms. The summed E-state index contributed by atoms with van der Waals surface area (Å²) in [5.41, 5.74) is 0. The molecule has 0 saturated heterocycles. The Labute approximate surface area is 97.0 Å². The fourth-order valence-corrected chi connectivity index (χ4v) is 0.586. The van der Waals surface area contributed by atoms with Gasteiger partial charge in [0.1, 0.15) is 0 Å². The molecule has 11 nitrogen and oxygen atoms in total. The fraction of sp³-hybridized carbons (Fsp3) is 0. The van der Waals surface area contributed by atoms with Gasteiger partial charge in [-0.15, -0.1) is 0 Å². The molecule has 0 aliphatic rings. The summed E-state index contributed by atoms with van der Waals surface area (Å²) < 4.78 is 26.8. The fourth-order valence-electron chi connectivity index (χ4n) is 0.142. The van der Waals surface area contributed by atoms with Gasteiger partial charge in [-0.05, 0) is 0 Å². The van der Waals surface area contributed by atoms with Crippen LogP contribution in [0.1, 0.15) is 0 Å². The van der Waals surface area contributed by atoms with Gasteiger partial charge in [0.15, 0.2) is 0 Å². The Morgan fingerprint density at radius 2 is 0.867 bits per heavy atom. The summed E-state index contributed by atoms with van der Waals surface area (Å²) in [4.78, 5) is 20.3. The molecule has 0 aromatic rings. The molecule has 0 radical (unpaired) electrons. The Hall–Kier alpha value is -0.491. The number of hydrogen-bond donors (Lipinski definition) is 0. The van der Waals surface area contributed by atoms with Crippen molar-refractivity contribution in [1.82, 2.24) is 0 Å². The molecule has 10 N–H and O–H groups in total. The van der Waals surface area contributed by atoms with E-state index in [1.54, 1.807) is 0 Å². The SMILES string of the molecule is O.O.O.O.O.[O]=[V][O]C(=O)C(=O)[O][V]=[O]. The van der Waals surface area contributed by atoms with Crippen molar-refractivity contribution in [2.75, 3.05) is 0 Å². The van der Waals surface area contributed by atoms with E-state index in [0.29, 0.717) is 0 Å². The zero-order chi connectivity index (χ0) is 7.98. The van der Waals surface area contributed by atoms with Gasteiger partial charge in [0, 0.05) is 0 Å². The van der Waals surface area contributed by atoms with E-state index in [9.17, 15) is 16.9 Å². The van der Waals surface area contributed by atoms with E-state index < -0.39 is 45.1 Å². The molecular weight excluding hydrogens is 302 g/mol. The molecule has 0 spiro atoms. The van der Waals surface area contributed by atoms with Crippen LogP contribution in [-0.2, 0) is 57.4 Å². The molecule has 0 atom stereocenters. The van der Waals surface area contributed by atoms with Crippen molar-refractivity contribution in [2.45, 2.75) is 0 Å². The van der Waals surface area contributed by atoms with Crippen molar-refractivity contribution in [1.29, 1.82) is 0 Å². The molecule has 0 aliphatic carbocycles. The summed E-state index contributed by atoms with van der Waals surface area (Å²) in [6.45, 7) is 0. The van der Waals surface area contributed by atoms with E-state index in [1.807, 2.05) is 0 Å². The summed E-state index contributed by atoms with van der Waals surface area (Å²) in [5.74, 6) is -2.75. The summed E-state index contributed by atoms with van der Waals surface area (Å²) in [5, 5.41) is 0. The molecule has 0 heterocycles. The maximum absolute atomic E-state index is 10.1. The van der Waals surface area contributed by atoms with E-state index in [-0.39, 0.29) is 27.4 Å². The van der Waals surface area contributed by atoms with Gasteiger partial charge in [-0.1, -0.05) is 0 Å². The van der Waals surface area contributed by atoms with Gasteiger partial charge in [-0.3, -0.25) is 0 Å². The number of rotatable bonds is 2. The topological polar surface area (TPSA) is 244 Å². The van der Waals surface area contributed by atoms with Crippen LogP contribution >= 0.6 is 0 Å². The zero-order valence-corrected chi connectivity index (χ0v) is 9.64. The molecule has 0 rings (SSSR count). The third-order valence-electron chi connectivity index (χ3n) is 0.407. The molecule has 0 aromatic heterocycles. The van der Waals surface area contributed by atoms with Gasteiger partial charge in [-0.25, -0.2) is 0 Å². The van der Waals surface area contributed by atoms with Crippen molar-refractivity contribution >= 4 is 11.9 Å². The monoisotopic (exact) mass is 312 g/mol. The van der Waals surface area contributed by atoms with Gasteiger partial charge < -0.3 is 27.4 Å². The second kappa shape index (κ2) is 23.4. The first kappa shape index (κ1) is 36.6. The van der Waals surface area contributed by atoms with Crippen LogP contribution in [0.5, 0.6) is 0 Å². The van der Waals surface area contributed by atoms with Crippen LogP contribution in [0.3, 0.4) is 0 Å². The van der Waals surface area contributed by atoms with E-state index >= 15 is 0 Å². The van der Waals surface area contributed by atoms with Gasteiger partial charge in [0.2, 0.25) is 0 Å². The van der Waals surface area contributed by atoms with E-state index in [2.05, 4.69) is 7.32 Å². The Bertz CT molecular complexity index is 157. The number of carbonyl (C=O) groups is 2. The van der Waals surface area contributed by atoms with Crippen LogP contribution < -0.4 is 0 Å². The molecule has 0 aromatic carbocycles. The van der Waals surface area contributed by atoms with Crippen LogP contribution in [0.2, 0.25) is 0 Å². The Morgan fingerprint density at radius 3 is 1.00 bits per heavy atom. The van der Waals surface area contributed by atoms with Gasteiger partial charge >= 0.3 is 69.4 Å². The van der Waals surface area contributed by atoms with Crippen LogP contribution in [0.4, 0.5) is 0 Å². The predicted molar refractivity (Wildman–Crippen MR) is 31.6 cm³/mol. The van der Waals surface area contributed by atoms with E-state index in [4.69, 9.17) is 0 Å². The normalized spacial score (nSPS) is 5.07. The third-order valence-corrected chi connectivity index (χ3v) is 1.16. The predicted octanol–water partition coefficient (Wildman–Crippen LogP) is -5.36. The first-order valence-electron chi connectivity index (χ1n) is 1.80. The van der Waals surface area contributed by atoms with Crippen LogP contribution in [0.25, 0.3) is 0 Å². The van der Waals surface area contributed by atoms with Crippen molar-refractivity contribution in [2.24, 2.45) is 0 Å². The second-order valence-electron chi connectivity index (χ2n) is 0.907. The Kier molecular flexibility index (Phi) is 57.0. The molecular formula is C2H10O11V2. The average Bonchev–Trinajstić information content (AvgIpc) is 1.89. The van der Waals surface area contributed by atoms with Crippen LogP contribution in [0, 0.1) is 0 Å². The molecule has 0 amide bonds. The van der Waals surface area contributed by atoms with Crippen molar-refractivity contribution in [3.63, 3.8) is 0 Å². The van der Waals surface area contributed by atoms with Crippen LogP contribution in [-0.4, -0.2) is 39.3 Å². The average molecular weight is 312 g/mol. The van der Waals surface area contributed by atoms with Gasteiger partial charge in [-0.2, -0.15) is 0 Å². The first-order valence-corrected chi connectivity index (χ1v) is 4.08. The van der Waals surface area contributed by atoms with Crippen molar-refractivity contribution < 1.29 is 84.8 Å². The molecule has 0 bridgehead atoms. The summed E-state index contributed by atoms with van der Waals surface area (Å²) in [6, 6.07) is 0. The second-order valence-corrected chi connectivity index (χ2v) is 1.94. The molecule has 0 fully saturated rings. The molecule has 15 heavy (non-hydrogen) atoms. The summed E-state index contributed by atoms with van der Waals surface area (Å²) >= 11 is -3.70. The first-order chi connectivity index (χ1) is 4.72. The number of hydrogen-bond acceptors (Lipinski definition) is 6. The Morgan fingerprint density at radius 1 is 0.667 bits per heavy atom. The van der Waals surface area contributed by atoms with Crippen molar-refractivity contribution in [3.8, 4) is 0 Å². The van der Waals surface area contributed by atoms with E-state index in [1.165, 1.54) is 0 Å². The zero-order valence-electron chi connectivity index (χ0n) is 6.84. The minimum absolute atomic E-state index is 0. The van der Waals surface area contributed by atoms with Crippen molar-refractivity contribution in [3.05, 3.63) is 0 Å². The third kappa shape index (κ3) is 19.8. The Balaban J connectivity index is -0.0000000405. The molecule has 0 saturated carbocycles. The maximum atomic E-state index is 10.1. The standard InChI is InChI=1S/C2H2O4.5H2O.2O.2V/c3-1(4)2(5)6;;;;;;;;;/h(H,3,4)(H,5,6);5*1H2;;;;/q;;;;;;;;2*+1/p-2. The van der Waals surface area contributed by atoms with Gasteiger partial charge in [0.05, 0.1) is 0 Å². The molecule has 0 unspecified atom stereocenters. The molecule has 0 aliphatic heterocycles. The van der Waals surface area contributed by atoms with Crippen LogP contribution in [0.15, 0.2) is 0 Å². The molecule has 94 valence electrons. The minimum atomic E-state index is -1.85. The quantitative estimate of drug-likeness (QED) is 0.449. The van der Waals surface area contributed by atoms with Gasteiger partial charge in [0.25, 0.3) is 0 Å². The number of carbonyl (C=O) groups excluding carboxylic acids is 2.